The van der Waals surface area contributed by atoms with Gasteiger partial charge in [0.15, 0.2) is 0 Å². The number of hydrogen-bond donors (Lipinski definition) is 0. The van der Waals surface area contributed by atoms with E-state index in [1.54, 1.807) is 0 Å². The molecule has 206 valence electrons. The highest BCUT2D eigenvalue weighted by atomic mass is 16.6. The largest absolute Gasteiger partial charge is 0.463 e. The van der Waals surface area contributed by atoms with Crippen molar-refractivity contribution >= 4 is 11.9 Å². The van der Waals surface area contributed by atoms with E-state index in [1.165, 1.54) is 6.92 Å². The minimum absolute atomic E-state index is 0.197. The van der Waals surface area contributed by atoms with Crippen molar-refractivity contribution < 1.29 is 57.0 Å². The highest BCUT2D eigenvalue weighted by Crippen LogP contribution is 1.87. The maximum absolute atomic E-state index is 10.8. The molecular formula is C23H42O12. The number of carbonyl (C=O) groups is 2. The van der Waals surface area contributed by atoms with Crippen LogP contribution >= 0.6 is 0 Å². The second-order valence-electron chi connectivity index (χ2n) is 6.61. The molecule has 0 amide bonds. The van der Waals surface area contributed by atoms with Crippen molar-refractivity contribution in [1.82, 2.24) is 0 Å². The molecule has 0 aromatic rings. The van der Waals surface area contributed by atoms with E-state index in [2.05, 4.69) is 6.58 Å². The van der Waals surface area contributed by atoms with Gasteiger partial charge >= 0.3 is 11.9 Å². The Labute approximate surface area is 208 Å². The van der Waals surface area contributed by atoms with Crippen molar-refractivity contribution in [2.75, 3.05) is 119 Å². The smallest absolute Gasteiger partial charge is 0.330 e. The third kappa shape index (κ3) is 30.3. The van der Waals surface area contributed by atoms with Gasteiger partial charge in [-0.15, -0.1) is 0 Å². The summed E-state index contributed by atoms with van der Waals surface area (Å²) in [6.07, 6.45) is 1.11. The van der Waals surface area contributed by atoms with Crippen molar-refractivity contribution in [2.45, 2.75) is 6.92 Å². The number of hydrogen-bond acceptors (Lipinski definition) is 12. The highest BCUT2D eigenvalue weighted by Gasteiger charge is 1.97. The second-order valence-corrected chi connectivity index (χ2v) is 6.61. The summed E-state index contributed by atoms with van der Waals surface area (Å²) in [5, 5.41) is 0. The maximum Gasteiger partial charge on any atom is 0.330 e. The molecule has 12 heteroatoms. The summed E-state index contributed by atoms with van der Waals surface area (Å²) in [4.78, 5) is 21.3. The first-order valence-corrected chi connectivity index (χ1v) is 11.7. The Morgan fingerprint density at radius 3 is 0.914 bits per heavy atom. The summed E-state index contributed by atoms with van der Waals surface area (Å²) in [7, 11) is 0. The van der Waals surface area contributed by atoms with Gasteiger partial charge in [0.25, 0.3) is 0 Å². The molecular weight excluding hydrogens is 468 g/mol. The van der Waals surface area contributed by atoms with E-state index in [0.29, 0.717) is 106 Å². The van der Waals surface area contributed by atoms with Crippen LogP contribution in [0.3, 0.4) is 0 Å². The van der Waals surface area contributed by atoms with Crippen LogP contribution in [-0.4, -0.2) is 131 Å². The second kappa shape index (κ2) is 28.6. The molecule has 0 aliphatic carbocycles. The van der Waals surface area contributed by atoms with Gasteiger partial charge in [-0.05, 0) is 0 Å². The summed E-state index contributed by atoms with van der Waals surface area (Å²) in [6.45, 7) is 12.4. The normalized spacial score (nSPS) is 10.9. The van der Waals surface area contributed by atoms with Crippen molar-refractivity contribution in [3.63, 3.8) is 0 Å². The van der Waals surface area contributed by atoms with E-state index >= 15 is 0 Å². The monoisotopic (exact) mass is 510 g/mol. The zero-order valence-electron chi connectivity index (χ0n) is 20.9. The lowest BCUT2D eigenvalue weighted by Crippen LogP contribution is -2.15. The van der Waals surface area contributed by atoms with Crippen molar-refractivity contribution in [3.05, 3.63) is 12.7 Å². The van der Waals surface area contributed by atoms with E-state index in [-0.39, 0.29) is 19.2 Å². The molecule has 0 heterocycles. The van der Waals surface area contributed by atoms with E-state index in [9.17, 15) is 9.59 Å². The lowest BCUT2D eigenvalue weighted by atomic mass is 10.6. The van der Waals surface area contributed by atoms with Crippen LogP contribution in [0.4, 0.5) is 0 Å². The molecule has 0 aliphatic rings. The average molecular weight is 511 g/mol. The quantitative estimate of drug-likeness (QED) is 0.0822. The van der Waals surface area contributed by atoms with Gasteiger partial charge in [-0.25, -0.2) is 4.79 Å². The fraction of sp³-hybridized carbons (Fsp3) is 0.826. The molecule has 0 bridgehead atoms. The van der Waals surface area contributed by atoms with Gasteiger partial charge in [0.05, 0.1) is 106 Å². The zero-order chi connectivity index (χ0) is 25.7. The van der Waals surface area contributed by atoms with Crippen LogP contribution in [0, 0.1) is 0 Å². The minimum atomic E-state index is -0.461. The molecule has 0 aromatic carbocycles. The van der Waals surface area contributed by atoms with Gasteiger partial charge in [0.2, 0.25) is 0 Å². The Bertz CT molecular complexity index is 489. The Balaban J connectivity index is 3.05. The van der Waals surface area contributed by atoms with Crippen LogP contribution in [0.15, 0.2) is 12.7 Å². The lowest BCUT2D eigenvalue weighted by molar-refractivity contribution is -0.142. The summed E-state index contributed by atoms with van der Waals surface area (Å²) in [5.41, 5.74) is 0. The molecule has 35 heavy (non-hydrogen) atoms. The molecule has 0 spiro atoms. The SMILES string of the molecule is C=CC(=O)OCCOCCOCCOCCOCCOCCOCCOCCOCCOC(C)=O. The molecule has 0 aromatic heterocycles. The van der Waals surface area contributed by atoms with Crippen LogP contribution in [0.2, 0.25) is 0 Å². The minimum Gasteiger partial charge on any atom is -0.463 e. The van der Waals surface area contributed by atoms with E-state index in [4.69, 9.17) is 47.4 Å². The maximum atomic E-state index is 10.8. The standard InChI is InChI=1S/C23H42O12/c1-3-23(25)35-21-19-33-17-15-31-13-11-29-9-7-27-5-4-26-6-8-28-10-12-30-14-16-32-18-20-34-22(2)24/h3H,1,4-21H2,2H3. The van der Waals surface area contributed by atoms with Crippen molar-refractivity contribution in [3.8, 4) is 0 Å². The van der Waals surface area contributed by atoms with Crippen molar-refractivity contribution in [2.24, 2.45) is 0 Å². The predicted octanol–water partition coefficient (Wildman–Crippen LogP) is 0.412. The third-order valence-electron chi connectivity index (χ3n) is 3.78. The molecule has 0 saturated carbocycles. The number of esters is 2. The van der Waals surface area contributed by atoms with E-state index in [1.807, 2.05) is 0 Å². The summed E-state index contributed by atoms with van der Waals surface area (Å²) < 4.78 is 52.3. The Morgan fingerprint density at radius 2 is 0.686 bits per heavy atom. The van der Waals surface area contributed by atoms with Gasteiger partial charge in [-0.3, -0.25) is 4.79 Å². The molecule has 0 radical (unpaired) electrons. The zero-order valence-corrected chi connectivity index (χ0v) is 20.9. The topological polar surface area (TPSA) is 126 Å². The molecule has 0 atom stereocenters. The van der Waals surface area contributed by atoms with Crippen LogP contribution in [-0.2, 0) is 57.0 Å². The first-order valence-electron chi connectivity index (χ1n) is 11.7. The lowest BCUT2D eigenvalue weighted by Gasteiger charge is -2.08. The van der Waals surface area contributed by atoms with Crippen LogP contribution in [0.25, 0.3) is 0 Å². The summed E-state index contributed by atoms with van der Waals surface area (Å²) in [6, 6.07) is 0. The first-order chi connectivity index (χ1) is 17.2. The number of rotatable bonds is 28. The average Bonchev–Trinajstić information content (AvgIpc) is 2.85. The Hall–Kier alpha value is -1.64. The molecule has 0 fully saturated rings. The number of ether oxygens (including phenoxy) is 10. The van der Waals surface area contributed by atoms with E-state index in [0.717, 1.165) is 6.08 Å². The predicted molar refractivity (Wildman–Crippen MR) is 124 cm³/mol. The first kappa shape index (κ1) is 33.4. The molecule has 0 aliphatic heterocycles. The Kier molecular flexibility index (Phi) is 27.3. The Morgan fingerprint density at radius 1 is 0.457 bits per heavy atom. The van der Waals surface area contributed by atoms with Crippen LogP contribution < -0.4 is 0 Å². The number of carbonyl (C=O) groups excluding carboxylic acids is 2. The summed E-state index contributed by atoms with van der Waals surface area (Å²) in [5.74, 6) is -0.776. The summed E-state index contributed by atoms with van der Waals surface area (Å²) >= 11 is 0. The molecule has 0 rings (SSSR count). The van der Waals surface area contributed by atoms with Gasteiger partial charge in [0, 0.05) is 13.0 Å². The van der Waals surface area contributed by atoms with Crippen molar-refractivity contribution in [1.29, 1.82) is 0 Å². The van der Waals surface area contributed by atoms with Crippen LogP contribution in [0.1, 0.15) is 6.92 Å². The van der Waals surface area contributed by atoms with Gasteiger partial charge in [-0.2, -0.15) is 0 Å². The van der Waals surface area contributed by atoms with Gasteiger partial charge < -0.3 is 47.4 Å². The molecule has 0 unspecified atom stereocenters. The molecule has 12 nitrogen and oxygen atoms in total. The molecule has 0 N–H and O–H groups in total. The molecule has 0 saturated heterocycles. The van der Waals surface area contributed by atoms with E-state index < -0.39 is 5.97 Å². The van der Waals surface area contributed by atoms with Crippen LogP contribution in [0.5, 0.6) is 0 Å². The third-order valence-corrected chi connectivity index (χ3v) is 3.78. The highest BCUT2D eigenvalue weighted by molar-refractivity contribution is 5.81. The van der Waals surface area contributed by atoms with Gasteiger partial charge in [0.1, 0.15) is 13.2 Å². The fourth-order valence-corrected chi connectivity index (χ4v) is 2.15. The van der Waals surface area contributed by atoms with Gasteiger partial charge in [-0.1, -0.05) is 6.58 Å². The fourth-order valence-electron chi connectivity index (χ4n) is 2.15.